The maximum absolute atomic E-state index is 14.0. The van der Waals surface area contributed by atoms with Gasteiger partial charge < -0.3 is 19.1 Å². The van der Waals surface area contributed by atoms with Crippen molar-refractivity contribution in [1.29, 1.82) is 0 Å². The van der Waals surface area contributed by atoms with Gasteiger partial charge in [-0.15, -0.1) is 0 Å². The molecule has 0 unspecified atom stereocenters. The normalized spacial score (nSPS) is 20.8. The molecule has 0 fully saturated rings. The van der Waals surface area contributed by atoms with Gasteiger partial charge in [-0.2, -0.15) is 0 Å². The predicted octanol–water partition coefficient (Wildman–Crippen LogP) is 7.25. The zero-order chi connectivity index (χ0) is 28.5. The molecule has 0 spiro atoms. The lowest BCUT2D eigenvalue weighted by molar-refractivity contribution is -0.119. The highest BCUT2D eigenvalue weighted by atomic mass is 35.5. The van der Waals surface area contributed by atoms with E-state index < -0.39 is 5.92 Å². The lowest BCUT2D eigenvalue weighted by atomic mass is 9.63. The number of rotatable bonds is 10. The molecule has 0 saturated carbocycles. The highest BCUT2D eigenvalue weighted by molar-refractivity contribution is 6.32. The molecule has 0 aromatic heterocycles. The molecule has 1 aromatic rings. The molecular formula is C32H44ClNO5. The largest absolute Gasteiger partial charge is 0.490 e. The van der Waals surface area contributed by atoms with Crippen molar-refractivity contribution in [1.82, 2.24) is 4.90 Å². The smallest absolute Gasteiger partial charge is 0.179 e. The Labute approximate surface area is 238 Å². The van der Waals surface area contributed by atoms with Gasteiger partial charge >= 0.3 is 0 Å². The second kappa shape index (κ2) is 11.7. The number of ketones is 2. The SMILES string of the molecule is CCCOc1c(Cl)cc(C2C3=C(CC(C)(C)CC3=O)N(CCCOC)C3=C2C(=O)CC(C)(C)C3)cc1OCC. The zero-order valence-electron chi connectivity index (χ0n) is 24.7. The molecule has 7 heteroatoms. The molecule has 2 aliphatic carbocycles. The Morgan fingerprint density at radius 2 is 1.49 bits per heavy atom. The second-order valence-electron chi connectivity index (χ2n) is 12.6. The molecule has 3 aliphatic rings. The van der Waals surface area contributed by atoms with Crippen LogP contribution in [0.4, 0.5) is 0 Å². The van der Waals surface area contributed by atoms with Gasteiger partial charge in [-0.3, -0.25) is 9.59 Å². The van der Waals surface area contributed by atoms with E-state index in [0.717, 1.165) is 53.8 Å². The van der Waals surface area contributed by atoms with Crippen LogP contribution in [0.5, 0.6) is 11.5 Å². The van der Waals surface area contributed by atoms with Crippen LogP contribution in [0.1, 0.15) is 91.5 Å². The first-order valence-corrected chi connectivity index (χ1v) is 14.7. The summed E-state index contributed by atoms with van der Waals surface area (Å²) >= 11 is 6.82. The number of Topliss-reactive ketones (excluding diaryl/α,β-unsaturated/α-hetero) is 2. The number of allylic oxidation sites excluding steroid dienone is 4. The average Bonchev–Trinajstić information content (AvgIpc) is 2.82. The van der Waals surface area contributed by atoms with Crippen LogP contribution in [0.25, 0.3) is 0 Å². The van der Waals surface area contributed by atoms with E-state index in [1.54, 1.807) is 7.11 Å². The van der Waals surface area contributed by atoms with Crippen molar-refractivity contribution < 1.29 is 23.8 Å². The molecule has 0 N–H and O–H groups in total. The van der Waals surface area contributed by atoms with E-state index >= 15 is 0 Å². The lowest BCUT2D eigenvalue weighted by Gasteiger charge is -2.49. The molecular weight excluding hydrogens is 514 g/mol. The Hall–Kier alpha value is -2.31. The van der Waals surface area contributed by atoms with Crippen LogP contribution < -0.4 is 9.47 Å². The summed E-state index contributed by atoms with van der Waals surface area (Å²) in [6, 6.07) is 3.80. The highest BCUT2D eigenvalue weighted by Gasteiger charge is 2.49. The Balaban J connectivity index is 1.96. The van der Waals surface area contributed by atoms with Gasteiger partial charge in [0, 0.05) is 61.6 Å². The third kappa shape index (κ3) is 6.07. The quantitative estimate of drug-likeness (QED) is 0.282. The van der Waals surface area contributed by atoms with Crippen LogP contribution in [0.15, 0.2) is 34.7 Å². The first-order chi connectivity index (χ1) is 18.4. The van der Waals surface area contributed by atoms with Crippen molar-refractivity contribution in [3.63, 3.8) is 0 Å². The summed E-state index contributed by atoms with van der Waals surface area (Å²) in [5, 5.41) is 0.434. The lowest BCUT2D eigenvalue weighted by Crippen LogP contribution is -2.44. The molecule has 0 amide bonds. The van der Waals surface area contributed by atoms with Crippen molar-refractivity contribution in [2.75, 3.05) is 33.5 Å². The number of ether oxygens (including phenoxy) is 3. The third-order valence-corrected chi connectivity index (χ3v) is 8.15. The average molecular weight is 558 g/mol. The van der Waals surface area contributed by atoms with Crippen LogP contribution in [-0.4, -0.2) is 49.9 Å². The maximum Gasteiger partial charge on any atom is 0.179 e. The van der Waals surface area contributed by atoms with Crippen LogP contribution in [0, 0.1) is 10.8 Å². The van der Waals surface area contributed by atoms with Gasteiger partial charge in [-0.25, -0.2) is 0 Å². The number of methoxy groups -OCH3 is 1. The van der Waals surface area contributed by atoms with E-state index in [1.165, 1.54) is 0 Å². The first-order valence-electron chi connectivity index (χ1n) is 14.3. The van der Waals surface area contributed by atoms with E-state index in [2.05, 4.69) is 32.6 Å². The molecule has 4 rings (SSSR count). The molecule has 1 heterocycles. The third-order valence-electron chi connectivity index (χ3n) is 7.87. The highest BCUT2D eigenvalue weighted by Crippen LogP contribution is 2.55. The monoisotopic (exact) mass is 557 g/mol. The fourth-order valence-electron chi connectivity index (χ4n) is 6.38. The number of carbonyl (C=O) groups excluding carboxylic acids is 2. The number of carbonyl (C=O) groups is 2. The Morgan fingerprint density at radius 3 is 2.00 bits per heavy atom. The number of hydrogen-bond donors (Lipinski definition) is 0. The fraction of sp³-hybridized carbons (Fsp3) is 0.625. The summed E-state index contributed by atoms with van der Waals surface area (Å²) in [7, 11) is 1.70. The summed E-state index contributed by atoms with van der Waals surface area (Å²) in [6.45, 7) is 14.9. The fourth-order valence-corrected chi connectivity index (χ4v) is 6.65. The first kappa shape index (κ1) is 29.7. The van der Waals surface area contributed by atoms with Crippen LogP contribution in [0.2, 0.25) is 5.02 Å². The van der Waals surface area contributed by atoms with Crippen molar-refractivity contribution in [2.45, 2.75) is 86.0 Å². The van der Waals surface area contributed by atoms with Crippen LogP contribution >= 0.6 is 11.6 Å². The molecule has 6 nitrogen and oxygen atoms in total. The minimum Gasteiger partial charge on any atom is -0.490 e. The summed E-state index contributed by atoms with van der Waals surface area (Å²) < 4.78 is 17.3. The molecule has 1 aliphatic heterocycles. The van der Waals surface area contributed by atoms with E-state index in [9.17, 15) is 9.59 Å². The summed E-state index contributed by atoms with van der Waals surface area (Å²) in [5.74, 6) is 0.794. The standard InChI is InChI=1S/C32H44ClNO5/c1-8-12-39-30-21(33)14-20(15-26(30)38-9-2)27-28-22(16-31(3,4)18-24(28)35)34(11-10-13-37-7)23-17-32(5,6)19-25(36)29(23)27/h14-15,27H,8-13,16-19H2,1-7H3. The maximum atomic E-state index is 14.0. The number of nitrogens with zero attached hydrogens (tertiary/aromatic N) is 1. The van der Waals surface area contributed by atoms with Gasteiger partial charge in [0.25, 0.3) is 0 Å². The van der Waals surface area contributed by atoms with E-state index in [4.69, 9.17) is 25.8 Å². The van der Waals surface area contributed by atoms with Gasteiger partial charge in [0.1, 0.15) is 0 Å². The molecule has 0 bridgehead atoms. The number of hydrogen-bond acceptors (Lipinski definition) is 6. The van der Waals surface area contributed by atoms with Crippen LogP contribution in [0.3, 0.4) is 0 Å². The molecule has 0 atom stereocenters. The predicted molar refractivity (Wildman–Crippen MR) is 154 cm³/mol. The molecule has 0 saturated heterocycles. The Morgan fingerprint density at radius 1 is 0.897 bits per heavy atom. The summed E-state index contributed by atoms with van der Waals surface area (Å²) in [4.78, 5) is 30.3. The molecule has 214 valence electrons. The number of halogens is 1. The van der Waals surface area contributed by atoms with Crippen LogP contribution in [-0.2, 0) is 14.3 Å². The minimum atomic E-state index is -0.474. The van der Waals surface area contributed by atoms with E-state index in [0.29, 0.717) is 55.7 Å². The van der Waals surface area contributed by atoms with Gasteiger partial charge in [0.15, 0.2) is 23.1 Å². The number of benzene rings is 1. The molecule has 0 radical (unpaired) electrons. The second-order valence-corrected chi connectivity index (χ2v) is 13.1. The summed E-state index contributed by atoms with van der Waals surface area (Å²) in [5.41, 5.74) is 4.03. The van der Waals surface area contributed by atoms with Crippen molar-refractivity contribution >= 4 is 23.2 Å². The van der Waals surface area contributed by atoms with Crippen molar-refractivity contribution in [3.05, 3.63) is 45.3 Å². The Bertz CT molecular complexity index is 1140. The van der Waals surface area contributed by atoms with Gasteiger partial charge in [-0.1, -0.05) is 46.2 Å². The zero-order valence-corrected chi connectivity index (χ0v) is 25.4. The Kier molecular flexibility index (Phi) is 8.87. The molecule has 1 aromatic carbocycles. The van der Waals surface area contributed by atoms with Crippen molar-refractivity contribution in [2.24, 2.45) is 10.8 Å². The molecule has 39 heavy (non-hydrogen) atoms. The van der Waals surface area contributed by atoms with Crippen molar-refractivity contribution in [3.8, 4) is 11.5 Å². The topological polar surface area (TPSA) is 65.1 Å². The van der Waals surface area contributed by atoms with Gasteiger partial charge in [-0.05, 0) is 61.1 Å². The summed E-state index contributed by atoms with van der Waals surface area (Å²) in [6.07, 6.45) is 4.08. The minimum absolute atomic E-state index is 0.104. The van der Waals surface area contributed by atoms with E-state index in [1.807, 2.05) is 26.0 Å². The van der Waals surface area contributed by atoms with Gasteiger partial charge in [0.2, 0.25) is 0 Å². The van der Waals surface area contributed by atoms with E-state index in [-0.39, 0.29) is 22.4 Å². The van der Waals surface area contributed by atoms with Gasteiger partial charge in [0.05, 0.1) is 18.2 Å².